The van der Waals surface area contributed by atoms with E-state index in [0.717, 1.165) is 25.7 Å². The predicted molar refractivity (Wildman–Crippen MR) is 286 cm³/mol. The van der Waals surface area contributed by atoms with Crippen LogP contribution < -0.4 is 5.32 Å². The van der Waals surface area contributed by atoms with E-state index in [2.05, 4.69) is 31.3 Å². The zero-order valence-electron chi connectivity index (χ0n) is 44.1. The molecule has 4 heteroatoms. The van der Waals surface area contributed by atoms with Crippen LogP contribution in [0.1, 0.15) is 348 Å². The van der Waals surface area contributed by atoms with Crippen molar-refractivity contribution in [3.05, 3.63) is 12.2 Å². The van der Waals surface area contributed by atoms with E-state index in [0.29, 0.717) is 12.8 Å². The predicted octanol–water partition coefficient (Wildman–Crippen LogP) is 19.7. The molecule has 0 radical (unpaired) electrons. The minimum absolute atomic E-state index is 0.0275. The van der Waals surface area contributed by atoms with E-state index in [-0.39, 0.29) is 12.5 Å². The average molecular weight is 903 g/mol. The Morgan fingerprint density at radius 2 is 0.594 bits per heavy atom. The topological polar surface area (TPSA) is 69.6 Å². The molecule has 3 N–H and O–H groups in total. The van der Waals surface area contributed by atoms with Crippen LogP contribution in [-0.4, -0.2) is 34.9 Å². The monoisotopic (exact) mass is 902 g/mol. The summed E-state index contributed by atoms with van der Waals surface area (Å²) in [7, 11) is 0. The minimum atomic E-state index is -0.659. The summed E-state index contributed by atoms with van der Waals surface area (Å²) in [5.41, 5.74) is 0. The second-order valence-electron chi connectivity index (χ2n) is 20.8. The van der Waals surface area contributed by atoms with E-state index in [1.807, 2.05) is 0 Å². The van der Waals surface area contributed by atoms with Gasteiger partial charge in [-0.2, -0.15) is 0 Å². The van der Waals surface area contributed by atoms with Gasteiger partial charge in [-0.1, -0.05) is 315 Å². The van der Waals surface area contributed by atoms with E-state index in [1.165, 1.54) is 295 Å². The van der Waals surface area contributed by atoms with Crippen molar-refractivity contribution < 1.29 is 15.0 Å². The normalized spacial score (nSPS) is 12.8. The number of carbonyl (C=O) groups excluding carboxylic acids is 1. The van der Waals surface area contributed by atoms with Crippen molar-refractivity contribution >= 4 is 5.91 Å². The van der Waals surface area contributed by atoms with Crippen LogP contribution in [0.15, 0.2) is 12.2 Å². The zero-order valence-corrected chi connectivity index (χ0v) is 44.1. The van der Waals surface area contributed by atoms with Gasteiger partial charge in [0.2, 0.25) is 5.91 Å². The van der Waals surface area contributed by atoms with E-state index in [4.69, 9.17) is 0 Å². The summed E-state index contributed by atoms with van der Waals surface area (Å²) in [6.07, 6.45) is 73.7. The van der Waals surface area contributed by atoms with E-state index in [9.17, 15) is 15.0 Å². The zero-order chi connectivity index (χ0) is 46.3. The van der Waals surface area contributed by atoms with Gasteiger partial charge in [0.15, 0.2) is 0 Å². The van der Waals surface area contributed by atoms with Crippen molar-refractivity contribution in [2.45, 2.75) is 360 Å². The van der Waals surface area contributed by atoms with Crippen molar-refractivity contribution in [2.24, 2.45) is 0 Å². The van der Waals surface area contributed by atoms with Crippen LogP contribution in [0.5, 0.6) is 0 Å². The molecule has 0 aromatic heterocycles. The lowest BCUT2D eigenvalue weighted by atomic mass is 10.0. The molecule has 0 aliphatic heterocycles. The Bertz CT molecular complexity index is 890. The van der Waals surface area contributed by atoms with Gasteiger partial charge in [0.25, 0.3) is 0 Å². The number of rotatable bonds is 56. The number of hydrogen-bond acceptors (Lipinski definition) is 3. The van der Waals surface area contributed by atoms with Gasteiger partial charge in [-0.05, 0) is 38.5 Å². The third-order valence-electron chi connectivity index (χ3n) is 14.3. The first-order chi connectivity index (χ1) is 31.7. The average Bonchev–Trinajstić information content (AvgIpc) is 3.30. The van der Waals surface area contributed by atoms with Gasteiger partial charge in [-0.25, -0.2) is 0 Å². The molecule has 0 saturated heterocycles. The van der Waals surface area contributed by atoms with Crippen molar-refractivity contribution in [3.8, 4) is 0 Å². The Balaban J connectivity index is 3.38. The van der Waals surface area contributed by atoms with Crippen LogP contribution in [0, 0.1) is 0 Å². The maximum absolute atomic E-state index is 12.5. The Hall–Kier alpha value is -0.870. The Morgan fingerprint density at radius 1 is 0.359 bits per heavy atom. The Morgan fingerprint density at radius 3 is 0.859 bits per heavy atom. The van der Waals surface area contributed by atoms with Gasteiger partial charge in [-0.15, -0.1) is 0 Å². The molecule has 64 heavy (non-hydrogen) atoms. The maximum Gasteiger partial charge on any atom is 0.220 e. The van der Waals surface area contributed by atoms with Gasteiger partial charge < -0.3 is 15.5 Å². The van der Waals surface area contributed by atoms with E-state index < -0.39 is 12.1 Å². The highest BCUT2D eigenvalue weighted by atomic mass is 16.3. The fraction of sp³-hybridized carbons (Fsp3) is 0.950. The third kappa shape index (κ3) is 52.1. The molecule has 0 rings (SSSR count). The molecule has 0 spiro atoms. The lowest BCUT2D eigenvalue weighted by molar-refractivity contribution is -0.123. The SMILES string of the molecule is CCCCCCCC/C=C\CCCCCCCCCCCC(=O)NC(CO)C(O)CCCCCCCCCCCCCCCCCCCCCCCCCCCCCCCCCCC. The van der Waals surface area contributed by atoms with Gasteiger partial charge >= 0.3 is 0 Å². The van der Waals surface area contributed by atoms with E-state index in [1.54, 1.807) is 0 Å². The van der Waals surface area contributed by atoms with Gasteiger partial charge in [-0.3, -0.25) is 4.79 Å². The summed E-state index contributed by atoms with van der Waals surface area (Å²) in [5.74, 6) is -0.0275. The third-order valence-corrected chi connectivity index (χ3v) is 14.3. The van der Waals surface area contributed by atoms with Crippen molar-refractivity contribution in [1.82, 2.24) is 5.32 Å². The van der Waals surface area contributed by atoms with Crippen molar-refractivity contribution in [1.29, 1.82) is 0 Å². The first kappa shape index (κ1) is 63.1. The van der Waals surface area contributed by atoms with Gasteiger partial charge in [0.05, 0.1) is 18.8 Å². The summed E-state index contributed by atoms with van der Waals surface area (Å²) < 4.78 is 0. The first-order valence-corrected chi connectivity index (χ1v) is 29.9. The molecule has 0 aliphatic rings. The largest absolute Gasteiger partial charge is 0.394 e. The molecule has 0 heterocycles. The second kappa shape index (κ2) is 56.5. The lowest BCUT2D eigenvalue weighted by Crippen LogP contribution is -2.45. The number of allylic oxidation sites excluding steroid dienone is 2. The number of aliphatic hydroxyl groups excluding tert-OH is 2. The van der Waals surface area contributed by atoms with Crippen molar-refractivity contribution in [2.75, 3.05) is 6.61 Å². The molecule has 0 aromatic carbocycles. The van der Waals surface area contributed by atoms with Crippen LogP contribution in [0.4, 0.5) is 0 Å². The molecule has 0 bridgehead atoms. The van der Waals surface area contributed by atoms with Gasteiger partial charge in [0.1, 0.15) is 0 Å². The van der Waals surface area contributed by atoms with Crippen LogP contribution in [0.25, 0.3) is 0 Å². The smallest absolute Gasteiger partial charge is 0.220 e. The Labute approximate surface area is 403 Å². The number of hydrogen-bond donors (Lipinski definition) is 3. The summed E-state index contributed by atoms with van der Waals surface area (Å²) in [4.78, 5) is 12.5. The molecule has 0 saturated carbocycles. The van der Waals surface area contributed by atoms with Crippen LogP contribution in [0.2, 0.25) is 0 Å². The number of aliphatic hydroxyl groups is 2. The molecule has 2 unspecified atom stereocenters. The maximum atomic E-state index is 12.5. The minimum Gasteiger partial charge on any atom is -0.394 e. The molecule has 0 fully saturated rings. The quantitative estimate of drug-likeness (QED) is 0.0421. The molecule has 2 atom stereocenters. The highest BCUT2D eigenvalue weighted by molar-refractivity contribution is 5.76. The second-order valence-corrected chi connectivity index (χ2v) is 20.8. The molecule has 382 valence electrons. The fourth-order valence-electron chi connectivity index (χ4n) is 9.71. The highest BCUT2D eigenvalue weighted by Crippen LogP contribution is 2.18. The van der Waals surface area contributed by atoms with Crippen LogP contribution in [0.3, 0.4) is 0 Å². The summed E-state index contributed by atoms with van der Waals surface area (Å²) in [6.45, 7) is 4.39. The molecule has 1 amide bonds. The highest BCUT2D eigenvalue weighted by Gasteiger charge is 2.20. The van der Waals surface area contributed by atoms with Crippen molar-refractivity contribution in [3.63, 3.8) is 0 Å². The summed E-state index contributed by atoms with van der Waals surface area (Å²) >= 11 is 0. The van der Waals surface area contributed by atoms with E-state index >= 15 is 0 Å². The van der Waals surface area contributed by atoms with Crippen LogP contribution >= 0.6 is 0 Å². The first-order valence-electron chi connectivity index (χ1n) is 29.9. The van der Waals surface area contributed by atoms with Gasteiger partial charge in [0, 0.05) is 6.42 Å². The summed E-state index contributed by atoms with van der Waals surface area (Å²) in [5, 5.41) is 23.4. The number of amides is 1. The number of carbonyl (C=O) groups is 1. The molecular formula is C60H119NO3. The lowest BCUT2D eigenvalue weighted by Gasteiger charge is -2.22. The molecular weight excluding hydrogens is 783 g/mol. The molecule has 0 aliphatic carbocycles. The number of nitrogens with one attached hydrogen (secondary N) is 1. The Kier molecular flexibility index (Phi) is 55.7. The fourth-order valence-corrected chi connectivity index (χ4v) is 9.71. The molecule has 0 aromatic rings. The number of unbranched alkanes of at least 4 members (excludes halogenated alkanes) is 47. The summed E-state index contributed by atoms with van der Waals surface area (Å²) in [6, 6.07) is -0.536. The standard InChI is InChI=1S/C60H119NO3/c1-3-5-7-9-11-13-15-17-19-21-23-24-25-26-27-28-29-30-31-32-33-34-35-36-38-39-41-43-45-47-49-51-53-55-59(63)58(57-62)61-60(64)56-54-52-50-48-46-44-42-40-37-22-20-18-16-14-12-10-8-6-4-2/h18,20,58-59,62-63H,3-17,19,21-57H2,1-2H3,(H,61,64)/b20-18-. The molecule has 4 nitrogen and oxygen atoms in total. The van der Waals surface area contributed by atoms with Crippen LogP contribution in [-0.2, 0) is 4.79 Å².